The molecule has 2 unspecified atom stereocenters. The van der Waals surface area contributed by atoms with E-state index >= 15 is 0 Å². The van der Waals surface area contributed by atoms with E-state index in [1.165, 1.54) is 24.4 Å². The number of rotatable bonds is 6. The standard InChI is InChI=1S/C16H20F3N3O2/c1-2-15(9-7-13(24)22-15)8-6-12(23)21-14(16(17,18)19)11-5-3-4-10-20-11/h3-5,10,14H,2,6-9H2,1H3,(H,21,23)(H,22,24). The molecule has 2 N–H and O–H groups in total. The first-order valence-electron chi connectivity index (χ1n) is 7.84. The number of hydrogen-bond donors (Lipinski definition) is 2. The molecule has 0 spiro atoms. The van der Waals surface area contributed by atoms with Crippen molar-refractivity contribution < 1.29 is 22.8 Å². The van der Waals surface area contributed by atoms with Crippen LogP contribution in [0.4, 0.5) is 13.2 Å². The predicted molar refractivity (Wildman–Crippen MR) is 80.8 cm³/mol. The maximum Gasteiger partial charge on any atom is 0.414 e. The van der Waals surface area contributed by atoms with Crippen molar-refractivity contribution in [1.82, 2.24) is 15.6 Å². The molecule has 1 aliphatic heterocycles. The molecule has 5 nitrogen and oxygen atoms in total. The van der Waals surface area contributed by atoms with Crippen molar-refractivity contribution in [3.8, 4) is 0 Å². The van der Waals surface area contributed by atoms with Gasteiger partial charge < -0.3 is 10.6 Å². The van der Waals surface area contributed by atoms with Gasteiger partial charge in [-0.1, -0.05) is 13.0 Å². The summed E-state index contributed by atoms with van der Waals surface area (Å²) in [4.78, 5) is 27.1. The van der Waals surface area contributed by atoms with Gasteiger partial charge in [-0.25, -0.2) is 0 Å². The molecular weight excluding hydrogens is 323 g/mol. The maximum atomic E-state index is 13.2. The van der Waals surface area contributed by atoms with Crippen LogP contribution in [0, 0.1) is 0 Å². The lowest BCUT2D eigenvalue weighted by atomic mass is 9.89. The van der Waals surface area contributed by atoms with Crippen molar-refractivity contribution in [3.05, 3.63) is 30.1 Å². The number of aromatic nitrogens is 1. The van der Waals surface area contributed by atoms with Crippen molar-refractivity contribution in [2.45, 2.75) is 56.8 Å². The molecule has 132 valence electrons. The van der Waals surface area contributed by atoms with E-state index < -0.39 is 23.7 Å². The molecule has 2 heterocycles. The predicted octanol–water partition coefficient (Wildman–Crippen LogP) is 2.64. The average molecular weight is 343 g/mol. The highest BCUT2D eigenvalue weighted by Crippen LogP contribution is 2.32. The summed E-state index contributed by atoms with van der Waals surface area (Å²) in [6.07, 6.45) is -1.54. The lowest BCUT2D eigenvalue weighted by molar-refractivity contribution is -0.164. The normalized spacial score (nSPS) is 22.1. The Balaban J connectivity index is 2.00. The van der Waals surface area contributed by atoms with Crippen LogP contribution < -0.4 is 10.6 Å². The zero-order valence-corrected chi connectivity index (χ0v) is 13.3. The molecule has 0 aromatic carbocycles. The van der Waals surface area contributed by atoms with Gasteiger partial charge in [0.2, 0.25) is 11.8 Å². The summed E-state index contributed by atoms with van der Waals surface area (Å²) in [6, 6.07) is 2.03. The smallest absolute Gasteiger partial charge is 0.351 e. The fraction of sp³-hybridized carbons (Fsp3) is 0.562. The summed E-state index contributed by atoms with van der Waals surface area (Å²) < 4.78 is 39.6. The highest BCUT2D eigenvalue weighted by Gasteiger charge is 2.43. The molecule has 0 bridgehead atoms. The largest absolute Gasteiger partial charge is 0.414 e. The van der Waals surface area contributed by atoms with Gasteiger partial charge in [-0.15, -0.1) is 0 Å². The Morgan fingerprint density at radius 2 is 2.21 bits per heavy atom. The number of nitrogens with zero attached hydrogens (tertiary/aromatic N) is 1. The van der Waals surface area contributed by atoms with E-state index in [4.69, 9.17) is 0 Å². The topological polar surface area (TPSA) is 71.1 Å². The van der Waals surface area contributed by atoms with Crippen LogP contribution in [0.5, 0.6) is 0 Å². The van der Waals surface area contributed by atoms with Crippen molar-refractivity contribution in [1.29, 1.82) is 0 Å². The number of carbonyl (C=O) groups excluding carboxylic acids is 2. The molecule has 0 radical (unpaired) electrons. The summed E-state index contributed by atoms with van der Waals surface area (Å²) in [5, 5.41) is 4.84. The molecule has 0 saturated carbocycles. The van der Waals surface area contributed by atoms with E-state index in [9.17, 15) is 22.8 Å². The summed E-state index contributed by atoms with van der Waals surface area (Å²) >= 11 is 0. The van der Waals surface area contributed by atoms with Gasteiger partial charge in [0.25, 0.3) is 0 Å². The van der Waals surface area contributed by atoms with Crippen molar-refractivity contribution in [2.24, 2.45) is 0 Å². The van der Waals surface area contributed by atoms with Crippen molar-refractivity contribution in [2.75, 3.05) is 0 Å². The van der Waals surface area contributed by atoms with E-state index in [2.05, 4.69) is 10.3 Å². The zero-order chi connectivity index (χ0) is 17.8. The molecule has 1 aliphatic rings. The van der Waals surface area contributed by atoms with E-state index in [0.29, 0.717) is 25.7 Å². The van der Waals surface area contributed by atoms with Gasteiger partial charge in [0.15, 0.2) is 6.04 Å². The quantitative estimate of drug-likeness (QED) is 0.834. The van der Waals surface area contributed by atoms with Gasteiger partial charge >= 0.3 is 6.18 Å². The molecule has 2 amide bonds. The Bertz CT molecular complexity index is 592. The number of carbonyl (C=O) groups is 2. The minimum atomic E-state index is -4.63. The second kappa shape index (κ2) is 7.19. The third-order valence-electron chi connectivity index (χ3n) is 4.36. The highest BCUT2D eigenvalue weighted by atomic mass is 19.4. The summed E-state index contributed by atoms with van der Waals surface area (Å²) in [5.74, 6) is -0.795. The Kier molecular flexibility index (Phi) is 5.46. The minimum Gasteiger partial charge on any atom is -0.351 e. The zero-order valence-electron chi connectivity index (χ0n) is 13.3. The van der Waals surface area contributed by atoms with Gasteiger partial charge in [-0.3, -0.25) is 14.6 Å². The van der Waals surface area contributed by atoms with Crippen LogP contribution in [0.15, 0.2) is 24.4 Å². The first-order chi connectivity index (χ1) is 11.3. The molecule has 2 atom stereocenters. The molecule has 2 rings (SSSR count). The van der Waals surface area contributed by atoms with Crippen LogP contribution in [-0.4, -0.2) is 28.5 Å². The minimum absolute atomic E-state index is 0.0843. The van der Waals surface area contributed by atoms with Crippen molar-refractivity contribution in [3.63, 3.8) is 0 Å². The summed E-state index contributed by atoms with van der Waals surface area (Å²) in [6.45, 7) is 1.88. The van der Waals surface area contributed by atoms with Gasteiger partial charge in [0, 0.05) is 24.6 Å². The van der Waals surface area contributed by atoms with Crippen molar-refractivity contribution >= 4 is 11.8 Å². The van der Waals surface area contributed by atoms with Crippen LogP contribution in [0.1, 0.15) is 50.8 Å². The molecule has 24 heavy (non-hydrogen) atoms. The molecule has 0 aliphatic carbocycles. The van der Waals surface area contributed by atoms with Crippen LogP contribution in [0.3, 0.4) is 0 Å². The first kappa shape index (κ1) is 18.2. The van der Waals surface area contributed by atoms with Gasteiger partial charge in [0.05, 0.1) is 5.69 Å². The lowest BCUT2D eigenvalue weighted by Gasteiger charge is -2.28. The van der Waals surface area contributed by atoms with E-state index in [1.807, 2.05) is 12.2 Å². The number of alkyl halides is 3. The molecule has 1 saturated heterocycles. The number of hydrogen-bond acceptors (Lipinski definition) is 3. The Morgan fingerprint density at radius 3 is 2.71 bits per heavy atom. The number of nitrogens with one attached hydrogen (secondary N) is 2. The van der Waals surface area contributed by atoms with E-state index in [1.54, 1.807) is 0 Å². The Labute approximate surface area is 138 Å². The molecule has 1 fully saturated rings. The highest BCUT2D eigenvalue weighted by molar-refractivity contribution is 5.80. The first-order valence-corrected chi connectivity index (χ1v) is 7.84. The molecule has 1 aromatic rings. The van der Waals surface area contributed by atoms with Gasteiger partial charge in [0.1, 0.15) is 0 Å². The second-order valence-electron chi connectivity index (χ2n) is 5.98. The number of amides is 2. The van der Waals surface area contributed by atoms with Gasteiger partial charge in [-0.2, -0.15) is 13.2 Å². The Morgan fingerprint density at radius 1 is 1.46 bits per heavy atom. The lowest BCUT2D eigenvalue weighted by Crippen LogP contribution is -2.43. The van der Waals surface area contributed by atoms with E-state index in [-0.39, 0.29) is 18.0 Å². The van der Waals surface area contributed by atoms with Crippen LogP contribution in [0.25, 0.3) is 0 Å². The fourth-order valence-electron chi connectivity index (χ4n) is 2.86. The molecular formula is C16H20F3N3O2. The monoisotopic (exact) mass is 343 g/mol. The average Bonchev–Trinajstić information content (AvgIpc) is 2.92. The third-order valence-corrected chi connectivity index (χ3v) is 4.36. The second-order valence-corrected chi connectivity index (χ2v) is 5.98. The van der Waals surface area contributed by atoms with Crippen LogP contribution in [-0.2, 0) is 9.59 Å². The number of halogens is 3. The molecule has 8 heteroatoms. The maximum absolute atomic E-state index is 13.2. The van der Waals surface area contributed by atoms with Gasteiger partial charge in [-0.05, 0) is 31.4 Å². The summed E-state index contributed by atoms with van der Waals surface area (Å²) in [5.41, 5.74) is -0.745. The van der Waals surface area contributed by atoms with Crippen LogP contribution >= 0.6 is 0 Å². The SMILES string of the molecule is CCC1(CCC(=O)NC(c2ccccn2)C(F)(F)F)CCC(=O)N1. The number of pyridine rings is 1. The fourth-order valence-corrected chi connectivity index (χ4v) is 2.86. The van der Waals surface area contributed by atoms with Crippen LogP contribution in [0.2, 0.25) is 0 Å². The molecule has 1 aromatic heterocycles. The van der Waals surface area contributed by atoms with E-state index in [0.717, 1.165) is 0 Å². The third kappa shape index (κ3) is 4.46. The summed E-state index contributed by atoms with van der Waals surface area (Å²) in [7, 11) is 0. The Hall–Kier alpha value is -2.12.